The molecule has 0 radical (unpaired) electrons. The molecule has 0 spiro atoms. The Bertz CT molecular complexity index is 1310. The van der Waals surface area contributed by atoms with E-state index in [0.29, 0.717) is 26.8 Å². The summed E-state index contributed by atoms with van der Waals surface area (Å²) in [6, 6.07) is 13.7. The summed E-state index contributed by atoms with van der Waals surface area (Å²) in [4.78, 5) is 29.9. The van der Waals surface area contributed by atoms with Crippen molar-refractivity contribution in [1.82, 2.24) is 4.98 Å². The largest absolute Gasteiger partial charge is 0.497 e. The Morgan fingerprint density at radius 2 is 1.83 bits per heavy atom. The standard InChI is InChI=1S/C23H16BrNO5/c1-13-3-8-18-19(9-13)29-21(14-4-6-17(28-2)7-5-14)22(20(18)26)30-23(27)15-10-16(24)12-25-11-15/h3-12H,1-2H3. The molecule has 6 nitrogen and oxygen atoms in total. The molecule has 0 aliphatic heterocycles. The number of esters is 1. The molecule has 4 rings (SSSR count). The maximum absolute atomic E-state index is 13.2. The van der Waals surface area contributed by atoms with Crippen molar-refractivity contribution in [3.8, 4) is 22.8 Å². The van der Waals surface area contributed by atoms with Crippen molar-refractivity contribution >= 4 is 32.9 Å². The van der Waals surface area contributed by atoms with Crippen molar-refractivity contribution in [2.75, 3.05) is 7.11 Å². The van der Waals surface area contributed by atoms with Crippen molar-refractivity contribution in [2.24, 2.45) is 0 Å². The summed E-state index contributed by atoms with van der Waals surface area (Å²) in [5, 5.41) is 0.327. The number of fused-ring (bicyclic) bond motifs is 1. The SMILES string of the molecule is COc1ccc(-c2oc3cc(C)ccc3c(=O)c2OC(=O)c2cncc(Br)c2)cc1. The number of carbonyl (C=O) groups is 1. The van der Waals surface area contributed by atoms with Crippen molar-refractivity contribution < 1.29 is 18.7 Å². The van der Waals surface area contributed by atoms with Crippen LogP contribution >= 0.6 is 15.9 Å². The van der Waals surface area contributed by atoms with Gasteiger partial charge in [-0.15, -0.1) is 0 Å². The summed E-state index contributed by atoms with van der Waals surface area (Å²) in [7, 11) is 1.56. The third-order valence-electron chi connectivity index (χ3n) is 4.49. The van der Waals surface area contributed by atoms with Crippen molar-refractivity contribution in [3.63, 3.8) is 0 Å². The van der Waals surface area contributed by atoms with E-state index in [1.165, 1.54) is 6.20 Å². The first-order valence-electron chi connectivity index (χ1n) is 9.01. The van der Waals surface area contributed by atoms with Crippen LogP contribution in [0.3, 0.4) is 0 Å². The second-order valence-electron chi connectivity index (χ2n) is 6.60. The first kappa shape index (κ1) is 19.8. The molecule has 0 unspecified atom stereocenters. The molecule has 0 saturated carbocycles. The molecule has 0 amide bonds. The first-order chi connectivity index (χ1) is 14.5. The third-order valence-corrected chi connectivity index (χ3v) is 4.93. The molecule has 150 valence electrons. The van der Waals surface area contributed by atoms with Crippen molar-refractivity contribution in [1.29, 1.82) is 0 Å². The number of aryl methyl sites for hydroxylation is 1. The van der Waals surface area contributed by atoms with E-state index in [4.69, 9.17) is 13.9 Å². The summed E-state index contributed by atoms with van der Waals surface area (Å²) in [5.74, 6) is -0.0765. The minimum absolute atomic E-state index is 0.164. The second kappa shape index (κ2) is 8.12. The highest BCUT2D eigenvalue weighted by Gasteiger charge is 2.22. The van der Waals surface area contributed by atoms with E-state index in [2.05, 4.69) is 20.9 Å². The number of methoxy groups -OCH3 is 1. The van der Waals surface area contributed by atoms with Crippen LogP contribution in [0.1, 0.15) is 15.9 Å². The zero-order valence-corrected chi connectivity index (χ0v) is 17.7. The molecule has 0 saturated heterocycles. The van der Waals surface area contributed by atoms with E-state index in [9.17, 15) is 9.59 Å². The predicted octanol–water partition coefficient (Wildman–Crippen LogP) is 5.15. The summed E-state index contributed by atoms with van der Waals surface area (Å²) in [6.07, 6.45) is 2.92. The van der Waals surface area contributed by atoms with E-state index < -0.39 is 11.4 Å². The van der Waals surface area contributed by atoms with Crippen LogP contribution in [-0.4, -0.2) is 18.1 Å². The zero-order chi connectivity index (χ0) is 21.3. The van der Waals surface area contributed by atoms with E-state index in [0.717, 1.165) is 5.56 Å². The van der Waals surface area contributed by atoms with Gasteiger partial charge in [-0.05, 0) is 70.9 Å². The number of ether oxygens (including phenoxy) is 2. The molecular formula is C23H16BrNO5. The fourth-order valence-electron chi connectivity index (χ4n) is 2.98. The third kappa shape index (κ3) is 3.84. The van der Waals surface area contributed by atoms with E-state index >= 15 is 0 Å². The highest BCUT2D eigenvalue weighted by atomic mass is 79.9. The van der Waals surface area contributed by atoms with Gasteiger partial charge in [0.2, 0.25) is 11.2 Å². The molecule has 0 N–H and O–H groups in total. The molecule has 4 aromatic rings. The van der Waals surface area contributed by atoms with Gasteiger partial charge in [0.25, 0.3) is 0 Å². The van der Waals surface area contributed by atoms with Crippen LogP contribution in [0, 0.1) is 6.92 Å². The van der Waals surface area contributed by atoms with E-state index in [1.54, 1.807) is 61.8 Å². The lowest BCUT2D eigenvalue weighted by atomic mass is 10.1. The molecule has 30 heavy (non-hydrogen) atoms. The lowest BCUT2D eigenvalue weighted by Gasteiger charge is -2.11. The van der Waals surface area contributed by atoms with Gasteiger partial charge in [-0.1, -0.05) is 6.07 Å². The average molecular weight is 466 g/mol. The normalized spacial score (nSPS) is 10.8. The number of pyridine rings is 1. The van der Waals surface area contributed by atoms with Gasteiger partial charge in [0.05, 0.1) is 18.1 Å². The van der Waals surface area contributed by atoms with Gasteiger partial charge in [-0.25, -0.2) is 4.79 Å². The lowest BCUT2D eigenvalue weighted by molar-refractivity contribution is 0.0731. The molecule has 7 heteroatoms. The summed E-state index contributed by atoms with van der Waals surface area (Å²) < 4.78 is 17.4. The van der Waals surface area contributed by atoms with Crippen LogP contribution in [0.5, 0.6) is 11.5 Å². The first-order valence-corrected chi connectivity index (χ1v) is 9.80. The number of nitrogens with zero attached hydrogens (tertiary/aromatic N) is 1. The summed E-state index contributed by atoms with van der Waals surface area (Å²) >= 11 is 3.27. The van der Waals surface area contributed by atoms with Crippen LogP contribution in [0.2, 0.25) is 0 Å². The van der Waals surface area contributed by atoms with Crippen molar-refractivity contribution in [3.05, 3.63) is 86.7 Å². The van der Waals surface area contributed by atoms with Gasteiger partial charge in [0.1, 0.15) is 11.3 Å². The summed E-state index contributed by atoms with van der Waals surface area (Å²) in [5.41, 5.74) is 1.70. The van der Waals surface area contributed by atoms with Crippen LogP contribution in [-0.2, 0) is 0 Å². The van der Waals surface area contributed by atoms with Gasteiger partial charge in [0, 0.05) is 22.4 Å². The monoisotopic (exact) mass is 465 g/mol. The van der Waals surface area contributed by atoms with Crippen LogP contribution in [0.15, 0.2) is 74.6 Å². The Morgan fingerprint density at radius 1 is 1.07 bits per heavy atom. The number of hydrogen-bond acceptors (Lipinski definition) is 6. The van der Waals surface area contributed by atoms with E-state index in [1.807, 2.05) is 6.92 Å². The molecular weight excluding hydrogens is 450 g/mol. The molecule has 0 atom stereocenters. The number of aromatic nitrogens is 1. The summed E-state index contributed by atoms with van der Waals surface area (Å²) in [6.45, 7) is 1.90. The maximum atomic E-state index is 13.2. The Morgan fingerprint density at radius 3 is 2.53 bits per heavy atom. The highest BCUT2D eigenvalue weighted by Crippen LogP contribution is 2.32. The van der Waals surface area contributed by atoms with E-state index in [-0.39, 0.29) is 17.1 Å². The van der Waals surface area contributed by atoms with Crippen LogP contribution in [0.25, 0.3) is 22.3 Å². The lowest BCUT2D eigenvalue weighted by Crippen LogP contribution is -2.16. The number of carbonyl (C=O) groups excluding carboxylic acids is 1. The molecule has 0 aliphatic carbocycles. The van der Waals surface area contributed by atoms with Crippen molar-refractivity contribution in [2.45, 2.75) is 6.92 Å². The number of benzene rings is 2. The fourth-order valence-corrected chi connectivity index (χ4v) is 3.35. The molecule has 2 aromatic carbocycles. The molecule has 0 fully saturated rings. The van der Waals surface area contributed by atoms with Gasteiger partial charge >= 0.3 is 5.97 Å². The van der Waals surface area contributed by atoms with Gasteiger partial charge in [0.15, 0.2) is 5.76 Å². The number of hydrogen-bond donors (Lipinski definition) is 0. The average Bonchev–Trinajstić information content (AvgIpc) is 2.75. The molecule has 0 bridgehead atoms. The number of halogens is 1. The van der Waals surface area contributed by atoms with Gasteiger partial charge in [-0.3, -0.25) is 9.78 Å². The molecule has 2 aromatic heterocycles. The quantitative estimate of drug-likeness (QED) is 0.387. The predicted molar refractivity (Wildman–Crippen MR) is 116 cm³/mol. The van der Waals surface area contributed by atoms with Gasteiger partial charge in [-0.2, -0.15) is 0 Å². The van der Waals surface area contributed by atoms with Gasteiger partial charge < -0.3 is 13.9 Å². The van der Waals surface area contributed by atoms with Crippen LogP contribution < -0.4 is 14.9 Å². The minimum atomic E-state index is -0.711. The van der Waals surface area contributed by atoms with Crippen LogP contribution in [0.4, 0.5) is 0 Å². The Labute approximate surface area is 180 Å². The second-order valence-corrected chi connectivity index (χ2v) is 7.51. The molecule has 0 aliphatic rings. The Hall–Kier alpha value is -3.45. The maximum Gasteiger partial charge on any atom is 0.345 e. The highest BCUT2D eigenvalue weighted by molar-refractivity contribution is 9.10. The fraction of sp³-hybridized carbons (Fsp3) is 0.0870. The topological polar surface area (TPSA) is 78.6 Å². The number of rotatable bonds is 4. The minimum Gasteiger partial charge on any atom is -0.497 e. The molecule has 2 heterocycles. The Balaban J connectivity index is 1.89. The smallest absolute Gasteiger partial charge is 0.345 e. The zero-order valence-electron chi connectivity index (χ0n) is 16.1. The Kier molecular flexibility index (Phi) is 5.37.